The topological polar surface area (TPSA) is 55.1 Å². The van der Waals surface area contributed by atoms with E-state index in [4.69, 9.17) is 5.73 Å². The third-order valence-electron chi connectivity index (χ3n) is 6.48. The van der Waals surface area contributed by atoms with E-state index in [9.17, 15) is 31.1 Å². The largest absolute Gasteiger partial charge is 0.416 e. The van der Waals surface area contributed by atoms with Crippen molar-refractivity contribution in [2.75, 3.05) is 6.54 Å². The quantitative estimate of drug-likeness (QED) is 0.458. The lowest BCUT2D eigenvalue weighted by Crippen LogP contribution is -2.50. The summed E-state index contributed by atoms with van der Waals surface area (Å²) < 4.78 is 79.5. The molecule has 10 heteroatoms. The van der Waals surface area contributed by atoms with Gasteiger partial charge in [-0.2, -0.15) is 26.3 Å². The van der Waals surface area contributed by atoms with E-state index in [0.29, 0.717) is 37.4 Å². The van der Waals surface area contributed by atoms with Gasteiger partial charge in [0, 0.05) is 0 Å². The van der Waals surface area contributed by atoms with Crippen LogP contribution in [0.5, 0.6) is 0 Å². The number of amides is 1. The Hall–Kier alpha value is -2.26. The monoisotopic (exact) mass is 508 g/mol. The normalized spacial score (nSPS) is 21.9. The van der Waals surface area contributed by atoms with Gasteiger partial charge in [0.1, 0.15) is 0 Å². The highest BCUT2D eigenvalue weighted by Gasteiger charge is 2.40. The standard InChI is InChI=1S/C24H26F6N2O.ClH/c1-15(17-11-19(23(25,26)27)13-20(12-17)24(28,29)30)21(33)32-22(18-5-3-2-4-6-18)9-7-16(14-31)8-10-22;/h2-6,11-13,15-16H,7-10,14,31H2,1H3,(H,32,33);1H/t15-,16?,22?;/m0./s1. The number of halogens is 7. The zero-order valence-corrected chi connectivity index (χ0v) is 19.3. The molecule has 0 aliphatic heterocycles. The van der Waals surface area contributed by atoms with Crippen LogP contribution >= 0.6 is 12.4 Å². The SMILES string of the molecule is C[C@H](C(=O)NC1(c2ccccc2)CCC(CN)CC1)c1cc(C(F)(F)F)cc(C(F)(F)F)c1.Cl. The molecule has 0 heterocycles. The molecule has 2 aromatic rings. The summed E-state index contributed by atoms with van der Waals surface area (Å²) in [4.78, 5) is 13.2. The van der Waals surface area contributed by atoms with Crippen molar-refractivity contribution in [3.8, 4) is 0 Å². The third-order valence-corrected chi connectivity index (χ3v) is 6.48. The summed E-state index contributed by atoms with van der Waals surface area (Å²) in [6.07, 6.45) is -7.29. The Balaban J connectivity index is 0.00000408. The maximum Gasteiger partial charge on any atom is 0.416 e. The van der Waals surface area contributed by atoms with Gasteiger partial charge in [0.05, 0.1) is 22.6 Å². The lowest BCUT2D eigenvalue weighted by molar-refractivity contribution is -0.143. The van der Waals surface area contributed by atoms with Crippen LogP contribution in [-0.4, -0.2) is 12.5 Å². The lowest BCUT2D eigenvalue weighted by atomic mass is 9.72. The fraction of sp³-hybridized carbons (Fsp3) is 0.458. The molecule has 0 saturated heterocycles. The van der Waals surface area contributed by atoms with Crippen LogP contribution in [0.25, 0.3) is 0 Å². The van der Waals surface area contributed by atoms with Crippen molar-refractivity contribution in [3.63, 3.8) is 0 Å². The molecular weight excluding hydrogens is 482 g/mol. The molecule has 1 atom stereocenters. The molecule has 1 aliphatic carbocycles. The number of carbonyl (C=O) groups is 1. The average molecular weight is 509 g/mol. The molecule has 0 radical (unpaired) electrons. The van der Waals surface area contributed by atoms with Crippen molar-refractivity contribution in [1.82, 2.24) is 5.32 Å². The predicted octanol–water partition coefficient (Wildman–Crippen LogP) is 6.41. The van der Waals surface area contributed by atoms with E-state index in [0.717, 1.165) is 18.4 Å². The van der Waals surface area contributed by atoms with Crippen molar-refractivity contribution in [2.45, 2.75) is 56.4 Å². The van der Waals surface area contributed by atoms with Crippen LogP contribution in [0.2, 0.25) is 0 Å². The van der Waals surface area contributed by atoms with Gasteiger partial charge in [-0.05, 0) is 74.4 Å². The minimum Gasteiger partial charge on any atom is -0.346 e. The number of rotatable bonds is 5. The number of hydrogen-bond acceptors (Lipinski definition) is 2. The maximum absolute atomic E-state index is 13.2. The Kier molecular flexibility index (Phi) is 8.69. The Bertz CT molecular complexity index is 937. The molecule has 3 nitrogen and oxygen atoms in total. The van der Waals surface area contributed by atoms with E-state index >= 15 is 0 Å². The molecule has 0 bridgehead atoms. The van der Waals surface area contributed by atoms with E-state index < -0.39 is 40.8 Å². The highest BCUT2D eigenvalue weighted by molar-refractivity contribution is 5.85. The Morgan fingerprint density at radius 2 is 1.50 bits per heavy atom. The van der Waals surface area contributed by atoms with Crippen LogP contribution < -0.4 is 11.1 Å². The van der Waals surface area contributed by atoms with Crippen molar-refractivity contribution in [1.29, 1.82) is 0 Å². The van der Waals surface area contributed by atoms with E-state index in [-0.39, 0.29) is 24.0 Å². The minimum atomic E-state index is -4.97. The molecule has 0 aromatic heterocycles. The number of benzene rings is 2. The van der Waals surface area contributed by atoms with Gasteiger partial charge < -0.3 is 11.1 Å². The molecule has 0 spiro atoms. The van der Waals surface area contributed by atoms with Gasteiger partial charge in [-0.15, -0.1) is 12.4 Å². The number of nitrogens with two attached hydrogens (primary N) is 1. The molecule has 3 rings (SSSR count). The van der Waals surface area contributed by atoms with Gasteiger partial charge in [-0.1, -0.05) is 30.3 Å². The molecule has 0 unspecified atom stereocenters. The molecule has 1 fully saturated rings. The first-order valence-corrected chi connectivity index (χ1v) is 10.7. The second-order valence-electron chi connectivity index (χ2n) is 8.68. The Labute approximate surface area is 200 Å². The summed E-state index contributed by atoms with van der Waals surface area (Å²) in [6, 6.07) is 10.5. The highest BCUT2D eigenvalue weighted by Crippen LogP contribution is 2.41. The molecule has 188 valence electrons. The molecule has 1 aliphatic rings. The Morgan fingerprint density at radius 1 is 1.00 bits per heavy atom. The molecule has 1 amide bonds. The minimum absolute atomic E-state index is 0. The van der Waals surface area contributed by atoms with Crippen LogP contribution in [0.15, 0.2) is 48.5 Å². The average Bonchev–Trinajstić information content (AvgIpc) is 2.78. The summed E-state index contributed by atoms with van der Waals surface area (Å²) in [5.74, 6) is -1.55. The zero-order chi connectivity index (χ0) is 24.4. The van der Waals surface area contributed by atoms with Crippen molar-refractivity contribution in [2.24, 2.45) is 11.7 Å². The van der Waals surface area contributed by atoms with E-state index in [1.54, 1.807) is 0 Å². The molecular formula is C24H27ClF6N2O. The maximum atomic E-state index is 13.2. The summed E-state index contributed by atoms with van der Waals surface area (Å²) in [6.45, 7) is 1.83. The van der Waals surface area contributed by atoms with Crippen molar-refractivity contribution < 1.29 is 31.1 Å². The Morgan fingerprint density at radius 3 is 1.94 bits per heavy atom. The molecule has 1 saturated carbocycles. The van der Waals surface area contributed by atoms with E-state index in [1.165, 1.54) is 6.92 Å². The number of alkyl halides is 6. The number of hydrogen-bond donors (Lipinski definition) is 2. The molecule has 2 aromatic carbocycles. The van der Waals surface area contributed by atoms with Gasteiger partial charge in [-0.25, -0.2) is 0 Å². The van der Waals surface area contributed by atoms with Gasteiger partial charge in [0.15, 0.2) is 0 Å². The van der Waals surface area contributed by atoms with Crippen LogP contribution in [0.3, 0.4) is 0 Å². The van der Waals surface area contributed by atoms with E-state index in [2.05, 4.69) is 5.32 Å². The van der Waals surface area contributed by atoms with Crippen LogP contribution in [0.4, 0.5) is 26.3 Å². The molecule has 34 heavy (non-hydrogen) atoms. The smallest absolute Gasteiger partial charge is 0.346 e. The first-order chi connectivity index (χ1) is 15.4. The number of nitrogens with one attached hydrogen (secondary N) is 1. The first-order valence-electron chi connectivity index (χ1n) is 10.7. The predicted molar refractivity (Wildman–Crippen MR) is 119 cm³/mol. The third kappa shape index (κ3) is 6.24. The van der Waals surface area contributed by atoms with Crippen LogP contribution in [0.1, 0.15) is 60.8 Å². The lowest BCUT2D eigenvalue weighted by Gasteiger charge is -2.42. The van der Waals surface area contributed by atoms with Crippen molar-refractivity contribution in [3.05, 3.63) is 70.8 Å². The zero-order valence-electron chi connectivity index (χ0n) is 18.5. The summed E-state index contributed by atoms with van der Waals surface area (Å²) >= 11 is 0. The fourth-order valence-corrected chi connectivity index (χ4v) is 4.37. The van der Waals surface area contributed by atoms with Crippen molar-refractivity contribution >= 4 is 18.3 Å². The second-order valence-corrected chi connectivity index (χ2v) is 8.68. The van der Waals surface area contributed by atoms with Gasteiger partial charge in [0.2, 0.25) is 5.91 Å². The fourth-order valence-electron chi connectivity index (χ4n) is 4.37. The van der Waals surface area contributed by atoms with Gasteiger partial charge in [0.25, 0.3) is 0 Å². The highest BCUT2D eigenvalue weighted by atomic mass is 35.5. The summed E-state index contributed by atoms with van der Waals surface area (Å²) in [5.41, 5.74) is 2.66. The van der Waals surface area contributed by atoms with Crippen LogP contribution in [-0.2, 0) is 22.7 Å². The molecule has 3 N–H and O–H groups in total. The summed E-state index contributed by atoms with van der Waals surface area (Å²) in [5, 5.41) is 2.97. The number of carbonyl (C=O) groups excluding carboxylic acids is 1. The van der Waals surface area contributed by atoms with Gasteiger partial charge in [-0.3, -0.25) is 4.79 Å². The summed E-state index contributed by atoms with van der Waals surface area (Å²) in [7, 11) is 0. The first kappa shape index (κ1) is 28.0. The van der Waals surface area contributed by atoms with Gasteiger partial charge >= 0.3 is 12.4 Å². The van der Waals surface area contributed by atoms with E-state index in [1.807, 2.05) is 30.3 Å². The second kappa shape index (κ2) is 10.6. The van der Waals surface area contributed by atoms with Crippen LogP contribution in [0, 0.1) is 5.92 Å².